The number of carbonyl (C=O) groups excluding carboxylic acids is 2. The minimum absolute atomic E-state index is 0.102. The molecule has 4 rings (SSSR count). The zero-order chi connectivity index (χ0) is 21.1. The van der Waals surface area contributed by atoms with Crippen molar-refractivity contribution in [2.24, 2.45) is 0 Å². The highest BCUT2D eigenvalue weighted by molar-refractivity contribution is 5.99. The highest BCUT2D eigenvalue weighted by Crippen LogP contribution is 2.31. The normalized spacial score (nSPS) is 13.4. The lowest BCUT2D eigenvalue weighted by Crippen LogP contribution is -2.36. The molecule has 0 atom stereocenters. The minimum Gasteiger partial charge on any atom is -0.491 e. The molecule has 0 radical (unpaired) electrons. The fourth-order valence-electron chi connectivity index (χ4n) is 3.19. The molecule has 1 aliphatic heterocycles. The maximum Gasteiger partial charge on any atom is 0.326 e. The van der Waals surface area contributed by atoms with Crippen LogP contribution in [0.2, 0.25) is 0 Å². The van der Waals surface area contributed by atoms with Crippen LogP contribution in [0.1, 0.15) is 17.7 Å². The van der Waals surface area contributed by atoms with Crippen molar-refractivity contribution < 1.29 is 28.0 Å². The standard InChI is InChI=1S/C22H19FN2O5/c1-14-17(24-30-22(14)15-6-8-16(23)9-7-15)13-29-21(27)12-25-18-4-2-3-5-19(18)28-11-10-20(25)26/h2-9H,10-13H2,1H3. The number of rotatable bonds is 5. The monoisotopic (exact) mass is 410 g/mol. The summed E-state index contributed by atoms with van der Waals surface area (Å²) in [5, 5.41) is 3.95. The number of fused-ring (bicyclic) bond motifs is 1. The van der Waals surface area contributed by atoms with Crippen molar-refractivity contribution in [3.63, 3.8) is 0 Å². The fraction of sp³-hybridized carbons (Fsp3) is 0.227. The number of anilines is 1. The molecule has 2 heterocycles. The summed E-state index contributed by atoms with van der Waals surface area (Å²) in [6.45, 7) is 1.70. The number of carbonyl (C=O) groups is 2. The molecular weight excluding hydrogens is 391 g/mol. The van der Waals surface area contributed by atoms with E-state index in [1.54, 1.807) is 43.3 Å². The maximum absolute atomic E-state index is 13.1. The van der Waals surface area contributed by atoms with Crippen molar-refractivity contribution in [3.05, 3.63) is 65.6 Å². The van der Waals surface area contributed by atoms with Gasteiger partial charge in [0.05, 0.1) is 18.7 Å². The second kappa shape index (κ2) is 8.36. The summed E-state index contributed by atoms with van der Waals surface area (Å²) in [7, 11) is 0. The molecule has 0 aliphatic carbocycles. The van der Waals surface area contributed by atoms with Gasteiger partial charge in [0, 0.05) is 11.1 Å². The van der Waals surface area contributed by atoms with E-state index in [2.05, 4.69) is 5.16 Å². The summed E-state index contributed by atoms with van der Waals surface area (Å²) < 4.78 is 29.4. The van der Waals surface area contributed by atoms with Crippen molar-refractivity contribution in [2.45, 2.75) is 20.0 Å². The SMILES string of the molecule is Cc1c(COC(=O)CN2C(=O)CCOc3ccccc32)noc1-c1ccc(F)cc1. The second-order valence-electron chi connectivity index (χ2n) is 6.80. The number of hydrogen-bond acceptors (Lipinski definition) is 6. The van der Waals surface area contributed by atoms with Gasteiger partial charge in [0.15, 0.2) is 5.76 Å². The van der Waals surface area contributed by atoms with Gasteiger partial charge in [-0.05, 0) is 43.3 Å². The molecule has 8 heteroatoms. The number of esters is 1. The molecule has 0 bridgehead atoms. The Morgan fingerprint density at radius 2 is 1.97 bits per heavy atom. The summed E-state index contributed by atoms with van der Waals surface area (Å²) in [5.74, 6) is -0.110. The first kappa shape index (κ1) is 19.6. The Hall–Kier alpha value is -3.68. The Balaban J connectivity index is 1.43. The Bertz CT molecular complexity index is 1080. The van der Waals surface area contributed by atoms with E-state index in [1.165, 1.54) is 17.0 Å². The van der Waals surface area contributed by atoms with Crippen LogP contribution in [0.15, 0.2) is 53.1 Å². The zero-order valence-corrected chi connectivity index (χ0v) is 16.3. The summed E-state index contributed by atoms with van der Waals surface area (Å²) in [4.78, 5) is 26.2. The Morgan fingerprint density at radius 1 is 1.20 bits per heavy atom. The third-order valence-corrected chi connectivity index (χ3v) is 4.81. The largest absolute Gasteiger partial charge is 0.491 e. The Kier molecular flexibility index (Phi) is 5.47. The molecule has 1 aliphatic rings. The van der Waals surface area contributed by atoms with Gasteiger partial charge in [-0.25, -0.2) is 4.39 Å². The molecule has 1 aromatic heterocycles. The molecule has 2 aromatic carbocycles. The molecule has 0 N–H and O–H groups in total. The molecule has 30 heavy (non-hydrogen) atoms. The molecule has 0 spiro atoms. The van der Waals surface area contributed by atoms with E-state index >= 15 is 0 Å². The van der Waals surface area contributed by atoms with Crippen molar-refractivity contribution >= 4 is 17.6 Å². The number of hydrogen-bond donors (Lipinski definition) is 0. The summed E-state index contributed by atoms with van der Waals surface area (Å²) in [5.41, 5.74) is 2.35. The van der Waals surface area contributed by atoms with Crippen LogP contribution < -0.4 is 9.64 Å². The molecular formula is C22H19FN2O5. The van der Waals surface area contributed by atoms with E-state index in [0.717, 1.165) is 0 Å². The van der Waals surface area contributed by atoms with Crippen LogP contribution in [0.5, 0.6) is 5.75 Å². The highest BCUT2D eigenvalue weighted by atomic mass is 19.1. The van der Waals surface area contributed by atoms with E-state index in [1.807, 2.05) is 0 Å². The highest BCUT2D eigenvalue weighted by Gasteiger charge is 2.26. The Labute approximate surface area is 172 Å². The van der Waals surface area contributed by atoms with Crippen LogP contribution in [-0.2, 0) is 20.9 Å². The lowest BCUT2D eigenvalue weighted by Gasteiger charge is -2.20. The quantitative estimate of drug-likeness (QED) is 0.597. The van der Waals surface area contributed by atoms with Crippen LogP contribution in [0.3, 0.4) is 0 Å². The molecule has 0 saturated carbocycles. The van der Waals surface area contributed by atoms with Crippen LogP contribution in [-0.4, -0.2) is 30.2 Å². The third-order valence-electron chi connectivity index (χ3n) is 4.81. The van der Waals surface area contributed by atoms with Crippen LogP contribution >= 0.6 is 0 Å². The van der Waals surface area contributed by atoms with Crippen molar-refractivity contribution in [1.82, 2.24) is 5.16 Å². The molecule has 1 amide bonds. The van der Waals surface area contributed by atoms with Crippen molar-refractivity contribution in [2.75, 3.05) is 18.1 Å². The van der Waals surface area contributed by atoms with Gasteiger partial charge < -0.3 is 14.0 Å². The average molecular weight is 410 g/mol. The van der Waals surface area contributed by atoms with E-state index < -0.39 is 5.97 Å². The predicted octanol–water partition coefficient (Wildman–Crippen LogP) is 3.65. The van der Waals surface area contributed by atoms with Gasteiger partial charge >= 0.3 is 5.97 Å². The fourth-order valence-corrected chi connectivity index (χ4v) is 3.19. The number of nitrogens with zero attached hydrogens (tertiary/aromatic N) is 2. The smallest absolute Gasteiger partial charge is 0.326 e. The summed E-state index contributed by atoms with van der Waals surface area (Å²) in [6, 6.07) is 12.9. The summed E-state index contributed by atoms with van der Waals surface area (Å²) in [6.07, 6.45) is 0.172. The number of amides is 1. The molecule has 0 unspecified atom stereocenters. The number of halogens is 1. The molecule has 0 fully saturated rings. The van der Waals surface area contributed by atoms with Crippen LogP contribution in [0, 0.1) is 12.7 Å². The molecule has 154 valence electrons. The van der Waals surface area contributed by atoms with E-state index in [4.69, 9.17) is 14.0 Å². The first-order chi connectivity index (χ1) is 14.5. The minimum atomic E-state index is -0.578. The zero-order valence-electron chi connectivity index (χ0n) is 16.3. The average Bonchev–Trinajstić information content (AvgIpc) is 3.03. The van der Waals surface area contributed by atoms with Crippen LogP contribution in [0.25, 0.3) is 11.3 Å². The topological polar surface area (TPSA) is 81.9 Å². The van der Waals surface area contributed by atoms with E-state index in [9.17, 15) is 14.0 Å². The van der Waals surface area contributed by atoms with Crippen LogP contribution in [0.4, 0.5) is 10.1 Å². The third kappa shape index (κ3) is 4.03. The molecule has 0 saturated heterocycles. The van der Waals surface area contributed by atoms with Gasteiger partial charge in [0.25, 0.3) is 0 Å². The first-order valence-corrected chi connectivity index (χ1v) is 9.42. The Morgan fingerprint density at radius 3 is 2.77 bits per heavy atom. The van der Waals surface area contributed by atoms with Gasteiger partial charge in [-0.1, -0.05) is 17.3 Å². The molecule has 3 aromatic rings. The van der Waals surface area contributed by atoms with Crippen molar-refractivity contribution in [3.8, 4) is 17.1 Å². The molecule has 7 nitrogen and oxygen atoms in total. The lowest BCUT2D eigenvalue weighted by molar-refractivity contribution is -0.144. The number of ether oxygens (including phenoxy) is 2. The number of aromatic nitrogens is 1. The first-order valence-electron chi connectivity index (χ1n) is 9.42. The maximum atomic E-state index is 13.1. The van der Waals surface area contributed by atoms with E-state index in [0.29, 0.717) is 34.0 Å². The van der Waals surface area contributed by atoms with Gasteiger partial charge in [0.2, 0.25) is 5.91 Å². The second-order valence-corrected chi connectivity index (χ2v) is 6.80. The van der Waals surface area contributed by atoms with Gasteiger partial charge in [-0.3, -0.25) is 14.5 Å². The lowest BCUT2D eigenvalue weighted by atomic mass is 10.1. The number of para-hydroxylation sites is 2. The van der Waals surface area contributed by atoms with Crippen molar-refractivity contribution in [1.29, 1.82) is 0 Å². The van der Waals surface area contributed by atoms with Gasteiger partial charge in [-0.15, -0.1) is 0 Å². The van der Waals surface area contributed by atoms with E-state index in [-0.39, 0.29) is 37.9 Å². The van der Waals surface area contributed by atoms with Gasteiger partial charge in [-0.2, -0.15) is 0 Å². The summed E-state index contributed by atoms with van der Waals surface area (Å²) >= 11 is 0. The number of benzene rings is 2. The predicted molar refractivity (Wildman–Crippen MR) is 105 cm³/mol. The van der Waals surface area contributed by atoms with Gasteiger partial charge in [0.1, 0.15) is 30.4 Å².